The summed E-state index contributed by atoms with van der Waals surface area (Å²) in [7, 11) is 0. The van der Waals surface area contributed by atoms with Crippen LogP contribution in [0.25, 0.3) is 0 Å². The van der Waals surface area contributed by atoms with E-state index in [0.717, 1.165) is 11.3 Å². The number of nitro groups is 1. The van der Waals surface area contributed by atoms with Gasteiger partial charge in [0.25, 0.3) is 11.6 Å². The highest BCUT2D eigenvalue weighted by Crippen LogP contribution is 2.24. The number of aryl methyl sites for hydroxylation is 1. The summed E-state index contributed by atoms with van der Waals surface area (Å²) in [6, 6.07) is 22.2. The summed E-state index contributed by atoms with van der Waals surface area (Å²) in [5.74, 6) is 0.465. The Morgan fingerprint density at radius 1 is 1.04 bits per heavy atom. The zero-order chi connectivity index (χ0) is 19.2. The van der Waals surface area contributed by atoms with Gasteiger partial charge in [-0.1, -0.05) is 36.4 Å². The van der Waals surface area contributed by atoms with Gasteiger partial charge in [0, 0.05) is 33.5 Å². The van der Waals surface area contributed by atoms with Crippen molar-refractivity contribution in [3.63, 3.8) is 0 Å². The molecule has 1 amide bonds. The van der Waals surface area contributed by atoms with Gasteiger partial charge in [0.1, 0.15) is 0 Å². The van der Waals surface area contributed by atoms with Crippen molar-refractivity contribution in [1.82, 2.24) is 0 Å². The lowest BCUT2D eigenvalue weighted by Crippen LogP contribution is -2.12. The maximum atomic E-state index is 12.4. The molecule has 0 bridgehead atoms. The molecule has 0 unspecified atom stereocenters. The van der Waals surface area contributed by atoms with Gasteiger partial charge in [0.2, 0.25) is 0 Å². The van der Waals surface area contributed by atoms with Gasteiger partial charge in [0.15, 0.2) is 0 Å². The Kier molecular flexibility index (Phi) is 5.88. The molecule has 136 valence electrons. The summed E-state index contributed by atoms with van der Waals surface area (Å²) in [4.78, 5) is 24.1. The van der Waals surface area contributed by atoms with Crippen molar-refractivity contribution < 1.29 is 9.72 Å². The lowest BCUT2D eigenvalue weighted by Gasteiger charge is -2.07. The molecule has 3 aromatic rings. The summed E-state index contributed by atoms with van der Waals surface area (Å²) in [6.45, 7) is 1.64. The third-order valence-electron chi connectivity index (χ3n) is 4.03. The molecule has 0 heterocycles. The van der Waals surface area contributed by atoms with E-state index < -0.39 is 4.92 Å². The predicted octanol–water partition coefficient (Wildman–Crippen LogP) is 5.45. The highest BCUT2D eigenvalue weighted by atomic mass is 32.2. The van der Waals surface area contributed by atoms with Crippen molar-refractivity contribution in [3.05, 3.63) is 99.6 Å². The SMILES string of the molecule is Cc1ccc(C(=O)Nc2ccc(CSc3ccccc3)cc2)cc1[N+](=O)[O-]. The van der Waals surface area contributed by atoms with Gasteiger partial charge in [-0.3, -0.25) is 14.9 Å². The lowest BCUT2D eigenvalue weighted by atomic mass is 10.1. The Labute approximate surface area is 161 Å². The fourth-order valence-electron chi connectivity index (χ4n) is 2.52. The largest absolute Gasteiger partial charge is 0.322 e. The van der Waals surface area contributed by atoms with E-state index in [4.69, 9.17) is 0 Å². The summed E-state index contributed by atoms with van der Waals surface area (Å²) >= 11 is 1.74. The topological polar surface area (TPSA) is 72.2 Å². The first-order chi connectivity index (χ1) is 13.0. The Morgan fingerprint density at radius 2 is 1.74 bits per heavy atom. The number of hydrogen-bond donors (Lipinski definition) is 1. The van der Waals surface area contributed by atoms with Gasteiger partial charge < -0.3 is 5.32 Å². The molecule has 0 saturated carbocycles. The Bertz CT molecular complexity index is 957. The molecule has 0 aliphatic carbocycles. The number of hydrogen-bond acceptors (Lipinski definition) is 4. The zero-order valence-corrected chi connectivity index (χ0v) is 15.5. The minimum Gasteiger partial charge on any atom is -0.322 e. The number of benzene rings is 3. The van der Waals surface area contributed by atoms with E-state index in [9.17, 15) is 14.9 Å². The van der Waals surface area contributed by atoms with Gasteiger partial charge in [-0.25, -0.2) is 0 Å². The molecule has 0 atom stereocenters. The molecule has 0 spiro atoms. The molecule has 5 nitrogen and oxygen atoms in total. The van der Waals surface area contributed by atoms with E-state index >= 15 is 0 Å². The summed E-state index contributed by atoms with van der Waals surface area (Å²) in [5, 5.41) is 13.8. The fraction of sp³-hybridized carbons (Fsp3) is 0.0952. The molecular weight excluding hydrogens is 360 g/mol. The van der Waals surface area contributed by atoms with Crippen molar-refractivity contribution in [3.8, 4) is 0 Å². The van der Waals surface area contributed by atoms with Crippen LogP contribution in [-0.2, 0) is 5.75 Å². The summed E-state index contributed by atoms with van der Waals surface area (Å²) in [6.07, 6.45) is 0. The van der Waals surface area contributed by atoms with Gasteiger partial charge in [-0.15, -0.1) is 11.8 Å². The minimum absolute atomic E-state index is 0.0593. The Morgan fingerprint density at radius 3 is 2.41 bits per heavy atom. The molecule has 3 aromatic carbocycles. The average molecular weight is 378 g/mol. The van der Waals surface area contributed by atoms with E-state index in [1.807, 2.05) is 42.5 Å². The van der Waals surface area contributed by atoms with E-state index in [-0.39, 0.29) is 17.2 Å². The van der Waals surface area contributed by atoms with E-state index in [1.54, 1.807) is 30.8 Å². The quantitative estimate of drug-likeness (QED) is 0.352. The number of rotatable bonds is 6. The zero-order valence-electron chi connectivity index (χ0n) is 14.7. The Hall–Kier alpha value is -3.12. The second-order valence-corrected chi connectivity index (χ2v) is 7.06. The molecule has 1 N–H and O–H groups in total. The number of nitrogens with zero attached hydrogens (tertiary/aromatic N) is 1. The summed E-state index contributed by atoms with van der Waals surface area (Å²) < 4.78 is 0. The van der Waals surface area contributed by atoms with Crippen LogP contribution < -0.4 is 5.32 Å². The van der Waals surface area contributed by atoms with Crippen LogP contribution in [0.1, 0.15) is 21.5 Å². The van der Waals surface area contributed by atoms with Gasteiger partial charge in [0.05, 0.1) is 4.92 Å². The molecule has 6 heteroatoms. The number of anilines is 1. The number of amides is 1. The third kappa shape index (κ3) is 4.95. The summed E-state index contributed by atoms with van der Waals surface area (Å²) in [5.41, 5.74) is 2.52. The van der Waals surface area contributed by atoms with Crippen LogP contribution in [0.3, 0.4) is 0 Å². The molecule has 0 aromatic heterocycles. The number of nitrogens with one attached hydrogen (secondary N) is 1. The van der Waals surface area contributed by atoms with E-state index in [0.29, 0.717) is 11.3 Å². The van der Waals surface area contributed by atoms with Crippen LogP contribution in [0.5, 0.6) is 0 Å². The number of carbonyl (C=O) groups excluding carboxylic acids is 1. The fourth-order valence-corrected chi connectivity index (χ4v) is 3.39. The second kappa shape index (κ2) is 8.51. The standard InChI is InChI=1S/C21H18N2O3S/c1-15-7-10-17(13-20(15)23(25)26)21(24)22-18-11-8-16(9-12-18)14-27-19-5-3-2-4-6-19/h2-13H,14H2,1H3,(H,22,24). The smallest absolute Gasteiger partial charge is 0.273 e. The first-order valence-electron chi connectivity index (χ1n) is 8.36. The van der Waals surface area contributed by atoms with Crippen molar-refractivity contribution >= 4 is 29.0 Å². The van der Waals surface area contributed by atoms with Gasteiger partial charge in [-0.05, 0) is 42.8 Å². The van der Waals surface area contributed by atoms with Crippen molar-refractivity contribution in [2.45, 2.75) is 17.6 Å². The van der Waals surface area contributed by atoms with Crippen LogP contribution in [0.2, 0.25) is 0 Å². The molecule has 0 saturated heterocycles. The van der Waals surface area contributed by atoms with E-state index in [1.165, 1.54) is 11.0 Å². The maximum absolute atomic E-state index is 12.4. The molecule has 0 aliphatic heterocycles. The van der Waals surface area contributed by atoms with Gasteiger partial charge >= 0.3 is 0 Å². The molecule has 3 rings (SSSR count). The van der Waals surface area contributed by atoms with Gasteiger partial charge in [-0.2, -0.15) is 0 Å². The van der Waals surface area contributed by atoms with E-state index in [2.05, 4.69) is 17.4 Å². The first-order valence-corrected chi connectivity index (χ1v) is 9.34. The average Bonchev–Trinajstić information content (AvgIpc) is 2.68. The van der Waals surface area contributed by atoms with Crippen molar-refractivity contribution in [2.24, 2.45) is 0 Å². The van der Waals surface area contributed by atoms with Crippen LogP contribution in [0.4, 0.5) is 11.4 Å². The molecule has 0 aliphatic rings. The predicted molar refractivity (Wildman–Crippen MR) is 108 cm³/mol. The molecule has 0 radical (unpaired) electrons. The highest BCUT2D eigenvalue weighted by Gasteiger charge is 2.15. The van der Waals surface area contributed by atoms with Crippen molar-refractivity contribution in [2.75, 3.05) is 5.32 Å². The van der Waals surface area contributed by atoms with Crippen LogP contribution in [0, 0.1) is 17.0 Å². The Balaban J connectivity index is 1.63. The molecule has 27 heavy (non-hydrogen) atoms. The number of thioether (sulfide) groups is 1. The van der Waals surface area contributed by atoms with Crippen molar-refractivity contribution in [1.29, 1.82) is 0 Å². The lowest BCUT2D eigenvalue weighted by molar-refractivity contribution is -0.385. The minimum atomic E-state index is -0.481. The first kappa shape index (κ1) is 18.7. The monoisotopic (exact) mass is 378 g/mol. The third-order valence-corrected chi connectivity index (χ3v) is 5.11. The van der Waals surface area contributed by atoms with Crippen LogP contribution in [-0.4, -0.2) is 10.8 Å². The second-order valence-electron chi connectivity index (χ2n) is 6.01. The van der Waals surface area contributed by atoms with Crippen LogP contribution in [0.15, 0.2) is 77.7 Å². The number of nitro benzene ring substituents is 1. The molecule has 0 fully saturated rings. The maximum Gasteiger partial charge on any atom is 0.273 e. The number of carbonyl (C=O) groups is 1. The normalized spacial score (nSPS) is 10.4. The molecular formula is C21H18N2O3S. The van der Waals surface area contributed by atoms with Crippen LogP contribution >= 0.6 is 11.8 Å². The highest BCUT2D eigenvalue weighted by molar-refractivity contribution is 7.98.